The first kappa shape index (κ1) is 19.9. The Kier molecular flexibility index (Phi) is 6.28. The predicted octanol–water partition coefficient (Wildman–Crippen LogP) is 3.12. The number of ether oxygens (including phenoxy) is 2. The lowest BCUT2D eigenvalue weighted by Gasteiger charge is -2.11. The SMILES string of the molecule is COC(=O)c1ccc(CS(=O)(=O)NCCOc2cccc3ccccc23)cc1. The number of carbonyl (C=O) groups excluding carboxylic acids is 1. The minimum Gasteiger partial charge on any atom is -0.492 e. The Bertz CT molecular complexity index is 1060. The van der Waals surface area contributed by atoms with Gasteiger partial charge in [0.05, 0.1) is 18.4 Å². The van der Waals surface area contributed by atoms with Crippen molar-refractivity contribution in [2.45, 2.75) is 5.75 Å². The molecule has 6 nitrogen and oxygen atoms in total. The van der Waals surface area contributed by atoms with Crippen molar-refractivity contribution in [2.24, 2.45) is 0 Å². The first-order valence-corrected chi connectivity index (χ1v) is 10.4. The highest BCUT2D eigenvalue weighted by molar-refractivity contribution is 7.88. The van der Waals surface area contributed by atoms with Gasteiger partial charge in [0.25, 0.3) is 0 Å². The quantitative estimate of drug-likeness (QED) is 0.465. The predicted molar refractivity (Wildman–Crippen MR) is 108 cm³/mol. The number of nitrogens with one attached hydrogen (secondary N) is 1. The fourth-order valence-corrected chi connectivity index (χ4v) is 3.93. The van der Waals surface area contributed by atoms with Gasteiger partial charge in [-0.15, -0.1) is 0 Å². The third-order valence-corrected chi connectivity index (χ3v) is 5.52. The van der Waals surface area contributed by atoms with Crippen LogP contribution in [0.5, 0.6) is 5.75 Å². The van der Waals surface area contributed by atoms with Crippen molar-refractivity contribution in [1.29, 1.82) is 0 Å². The molecule has 0 aliphatic rings. The molecule has 0 unspecified atom stereocenters. The van der Waals surface area contributed by atoms with Crippen molar-refractivity contribution in [3.63, 3.8) is 0 Å². The van der Waals surface area contributed by atoms with Gasteiger partial charge in [0.1, 0.15) is 12.4 Å². The molecule has 0 aromatic heterocycles. The summed E-state index contributed by atoms with van der Waals surface area (Å²) in [6.45, 7) is 0.375. The van der Waals surface area contributed by atoms with E-state index in [1.165, 1.54) is 7.11 Å². The highest BCUT2D eigenvalue weighted by Gasteiger charge is 2.12. The first-order valence-electron chi connectivity index (χ1n) is 8.74. The summed E-state index contributed by atoms with van der Waals surface area (Å²) < 4.78 is 37.4. The number of carbonyl (C=O) groups is 1. The van der Waals surface area contributed by atoms with E-state index in [0.29, 0.717) is 11.1 Å². The second kappa shape index (κ2) is 8.86. The van der Waals surface area contributed by atoms with Gasteiger partial charge in [0.15, 0.2) is 0 Å². The van der Waals surface area contributed by atoms with Gasteiger partial charge in [-0.3, -0.25) is 0 Å². The molecule has 0 heterocycles. The number of sulfonamides is 1. The van der Waals surface area contributed by atoms with Gasteiger partial charge in [0, 0.05) is 11.9 Å². The summed E-state index contributed by atoms with van der Waals surface area (Å²) >= 11 is 0. The molecule has 0 bridgehead atoms. The van der Waals surface area contributed by atoms with Crippen LogP contribution >= 0.6 is 0 Å². The summed E-state index contributed by atoms with van der Waals surface area (Å²) in [5.74, 6) is 0.0803. The lowest BCUT2D eigenvalue weighted by molar-refractivity contribution is 0.0600. The molecule has 7 heteroatoms. The molecule has 0 saturated carbocycles. The van der Waals surface area contributed by atoms with Crippen LogP contribution in [0, 0.1) is 0 Å². The Morgan fingerprint density at radius 2 is 1.68 bits per heavy atom. The molecule has 0 amide bonds. The Labute approximate surface area is 164 Å². The van der Waals surface area contributed by atoms with Crippen molar-refractivity contribution < 1.29 is 22.7 Å². The van der Waals surface area contributed by atoms with Crippen LogP contribution in [-0.4, -0.2) is 34.6 Å². The number of hydrogen-bond acceptors (Lipinski definition) is 5. The number of hydrogen-bond donors (Lipinski definition) is 1. The van der Waals surface area contributed by atoms with Crippen LogP contribution in [0.2, 0.25) is 0 Å². The largest absolute Gasteiger partial charge is 0.492 e. The Morgan fingerprint density at radius 3 is 2.43 bits per heavy atom. The van der Waals surface area contributed by atoms with Crippen LogP contribution < -0.4 is 9.46 Å². The number of rotatable bonds is 8. The van der Waals surface area contributed by atoms with Crippen molar-refractivity contribution in [1.82, 2.24) is 4.72 Å². The third kappa shape index (κ3) is 5.09. The standard InChI is InChI=1S/C21H21NO5S/c1-26-21(23)18-11-9-16(10-12-18)15-28(24,25)22-13-14-27-20-8-4-6-17-5-2-3-7-19(17)20/h2-12,22H,13-15H2,1H3. The molecule has 3 rings (SSSR count). The van der Waals surface area contributed by atoms with E-state index in [1.54, 1.807) is 24.3 Å². The van der Waals surface area contributed by atoms with E-state index in [-0.39, 0.29) is 18.9 Å². The molecule has 0 atom stereocenters. The van der Waals surface area contributed by atoms with E-state index in [1.807, 2.05) is 42.5 Å². The van der Waals surface area contributed by atoms with Crippen molar-refractivity contribution in [3.05, 3.63) is 77.9 Å². The number of methoxy groups -OCH3 is 1. The highest BCUT2D eigenvalue weighted by Crippen LogP contribution is 2.24. The molecule has 3 aromatic rings. The zero-order valence-electron chi connectivity index (χ0n) is 15.4. The van der Waals surface area contributed by atoms with Crippen LogP contribution in [0.1, 0.15) is 15.9 Å². The average molecular weight is 399 g/mol. The monoisotopic (exact) mass is 399 g/mol. The lowest BCUT2D eigenvalue weighted by atomic mass is 10.1. The van der Waals surface area contributed by atoms with Gasteiger partial charge >= 0.3 is 5.97 Å². The Morgan fingerprint density at radius 1 is 0.964 bits per heavy atom. The summed E-state index contributed by atoms with van der Waals surface area (Å²) in [7, 11) is -2.22. The fraction of sp³-hybridized carbons (Fsp3) is 0.190. The Hall–Kier alpha value is -2.90. The van der Waals surface area contributed by atoms with E-state index in [2.05, 4.69) is 9.46 Å². The minimum atomic E-state index is -3.52. The van der Waals surface area contributed by atoms with E-state index in [4.69, 9.17) is 4.74 Å². The summed E-state index contributed by atoms with van der Waals surface area (Å²) in [6.07, 6.45) is 0. The molecule has 0 spiro atoms. The molecule has 0 aliphatic carbocycles. The van der Waals surface area contributed by atoms with Crippen molar-refractivity contribution >= 4 is 26.8 Å². The van der Waals surface area contributed by atoms with Gasteiger partial charge in [-0.2, -0.15) is 0 Å². The molecule has 0 fully saturated rings. The number of fused-ring (bicyclic) bond motifs is 1. The van der Waals surface area contributed by atoms with Crippen LogP contribution in [0.3, 0.4) is 0 Å². The van der Waals surface area contributed by atoms with Gasteiger partial charge in [-0.25, -0.2) is 17.9 Å². The molecule has 1 N–H and O–H groups in total. The fourth-order valence-electron chi connectivity index (χ4n) is 2.81. The van der Waals surface area contributed by atoms with Gasteiger partial charge in [-0.1, -0.05) is 48.5 Å². The molecule has 3 aromatic carbocycles. The second-order valence-electron chi connectivity index (χ2n) is 6.17. The highest BCUT2D eigenvalue weighted by atomic mass is 32.2. The number of benzene rings is 3. The minimum absolute atomic E-state index is 0.159. The molecule has 0 radical (unpaired) electrons. The van der Waals surface area contributed by atoms with Gasteiger partial charge < -0.3 is 9.47 Å². The maximum atomic E-state index is 12.2. The van der Waals surface area contributed by atoms with Crippen LogP contribution in [0.25, 0.3) is 10.8 Å². The zero-order valence-corrected chi connectivity index (χ0v) is 16.2. The van der Waals surface area contributed by atoms with E-state index < -0.39 is 16.0 Å². The molecule has 146 valence electrons. The maximum absolute atomic E-state index is 12.2. The van der Waals surface area contributed by atoms with Crippen molar-refractivity contribution in [2.75, 3.05) is 20.3 Å². The molecule has 28 heavy (non-hydrogen) atoms. The topological polar surface area (TPSA) is 81.7 Å². The third-order valence-electron chi connectivity index (χ3n) is 4.16. The summed E-state index contributed by atoms with van der Waals surface area (Å²) in [5.41, 5.74) is 0.954. The van der Waals surface area contributed by atoms with E-state index in [9.17, 15) is 13.2 Å². The average Bonchev–Trinajstić information content (AvgIpc) is 2.71. The smallest absolute Gasteiger partial charge is 0.337 e. The zero-order chi connectivity index (χ0) is 20.0. The van der Waals surface area contributed by atoms with Gasteiger partial charge in [-0.05, 0) is 29.1 Å². The van der Waals surface area contributed by atoms with E-state index in [0.717, 1.165) is 16.5 Å². The second-order valence-corrected chi connectivity index (χ2v) is 7.97. The maximum Gasteiger partial charge on any atom is 0.337 e. The molecular weight excluding hydrogens is 378 g/mol. The summed E-state index contributed by atoms with van der Waals surface area (Å²) in [4.78, 5) is 11.4. The van der Waals surface area contributed by atoms with E-state index >= 15 is 0 Å². The molecule has 0 aliphatic heterocycles. The summed E-state index contributed by atoms with van der Waals surface area (Å²) in [6, 6.07) is 19.9. The number of esters is 1. The first-order chi connectivity index (χ1) is 13.5. The van der Waals surface area contributed by atoms with Crippen molar-refractivity contribution in [3.8, 4) is 5.75 Å². The molecule has 0 saturated heterocycles. The molecular formula is C21H21NO5S. The summed E-state index contributed by atoms with van der Waals surface area (Å²) in [5, 5.41) is 2.05. The van der Waals surface area contributed by atoms with Gasteiger partial charge in [0.2, 0.25) is 10.0 Å². The lowest BCUT2D eigenvalue weighted by Crippen LogP contribution is -2.29. The normalized spacial score (nSPS) is 11.3. The van der Waals surface area contributed by atoms with Crippen LogP contribution in [0.4, 0.5) is 0 Å². The van der Waals surface area contributed by atoms with Crippen LogP contribution in [-0.2, 0) is 20.5 Å². The van der Waals surface area contributed by atoms with Crippen LogP contribution in [0.15, 0.2) is 66.7 Å². The Balaban J connectivity index is 1.53.